The van der Waals surface area contributed by atoms with Crippen molar-refractivity contribution in [1.29, 1.82) is 0 Å². The maximum atomic E-state index is 14.9. The highest BCUT2D eigenvalue weighted by Gasteiger charge is 2.26. The lowest BCUT2D eigenvalue weighted by Crippen LogP contribution is -2.18. The molecule has 1 heterocycles. The number of hydrogen-bond acceptors (Lipinski definition) is 4. The van der Waals surface area contributed by atoms with Crippen molar-refractivity contribution in [3.8, 4) is 11.1 Å². The van der Waals surface area contributed by atoms with Crippen LogP contribution in [-0.2, 0) is 9.53 Å². The van der Waals surface area contributed by atoms with E-state index in [0.717, 1.165) is 40.8 Å². The van der Waals surface area contributed by atoms with Crippen LogP contribution in [0.3, 0.4) is 0 Å². The van der Waals surface area contributed by atoms with Crippen molar-refractivity contribution in [3.63, 3.8) is 0 Å². The summed E-state index contributed by atoms with van der Waals surface area (Å²) in [7, 11) is 0. The lowest BCUT2D eigenvalue weighted by Gasteiger charge is -2.16. The summed E-state index contributed by atoms with van der Waals surface area (Å²) in [6.45, 7) is 3.76. The summed E-state index contributed by atoms with van der Waals surface area (Å²) >= 11 is 0. The van der Waals surface area contributed by atoms with Crippen LogP contribution in [0.2, 0.25) is 0 Å². The molecule has 0 aromatic heterocycles. The van der Waals surface area contributed by atoms with Crippen molar-refractivity contribution in [1.82, 2.24) is 5.32 Å². The van der Waals surface area contributed by atoms with Crippen LogP contribution >= 0.6 is 0 Å². The molecule has 2 aliphatic rings. The standard InChI is InChI=1S/C23H23FN2O3/c1-13-10-19(14(2)9-15(13)11-21-22(27)26-23(28)29-21)18-8-7-17(12-20(18)24)25-16-5-3-4-6-16/h7-12,16,25H,3-6H2,1-2H3,(H,26,27,28)/b21-11-. The minimum Gasteiger partial charge on any atom is -0.404 e. The van der Waals surface area contributed by atoms with Crippen LogP contribution in [0.1, 0.15) is 42.4 Å². The third-order valence-electron chi connectivity index (χ3n) is 5.53. The van der Waals surface area contributed by atoms with Gasteiger partial charge in [0.2, 0.25) is 0 Å². The Balaban J connectivity index is 1.62. The third kappa shape index (κ3) is 4.01. The molecule has 6 heteroatoms. The Hall–Kier alpha value is -3.15. The van der Waals surface area contributed by atoms with Gasteiger partial charge in [0, 0.05) is 17.3 Å². The molecule has 150 valence electrons. The maximum Gasteiger partial charge on any atom is 0.419 e. The fraction of sp³-hybridized carbons (Fsp3) is 0.304. The molecule has 0 radical (unpaired) electrons. The highest BCUT2D eigenvalue weighted by molar-refractivity contribution is 6.10. The Morgan fingerprint density at radius 2 is 1.83 bits per heavy atom. The summed E-state index contributed by atoms with van der Waals surface area (Å²) in [5.41, 5.74) is 4.59. The number of amides is 2. The lowest BCUT2D eigenvalue weighted by atomic mass is 9.94. The number of carbonyl (C=O) groups excluding carboxylic acids is 2. The number of aryl methyl sites for hydroxylation is 2. The molecule has 2 fully saturated rings. The molecule has 1 aliphatic heterocycles. The summed E-state index contributed by atoms with van der Waals surface area (Å²) in [5, 5.41) is 5.49. The zero-order valence-corrected chi connectivity index (χ0v) is 16.5. The van der Waals surface area contributed by atoms with E-state index in [0.29, 0.717) is 11.6 Å². The topological polar surface area (TPSA) is 67.4 Å². The normalized spacial score (nSPS) is 18.2. The first-order chi connectivity index (χ1) is 13.9. The van der Waals surface area contributed by atoms with E-state index in [1.807, 2.05) is 32.0 Å². The fourth-order valence-corrected chi connectivity index (χ4v) is 3.98. The third-order valence-corrected chi connectivity index (χ3v) is 5.53. The van der Waals surface area contributed by atoms with Gasteiger partial charge in [-0.25, -0.2) is 9.18 Å². The van der Waals surface area contributed by atoms with Gasteiger partial charge in [-0.05, 0) is 73.2 Å². The number of hydrogen-bond donors (Lipinski definition) is 2. The maximum absolute atomic E-state index is 14.9. The lowest BCUT2D eigenvalue weighted by molar-refractivity contribution is -0.116. The first kappa shape index (κ1) is 19.2. The second kappa shape index (κ2) is 7.70. The zero-order chi connectivity index (χ0) is 20.5. The number of rotatable bonds is 4. The van der Waals surface area contributed by atoms with Gasteiger partial charge in [-0.3, -0.25) is 10.1 Å². The first-order valence-corrected chi connectivity index (χ1v) is 9.83. The molecule has 29 heavy (non-hydrogen) atoms. The number of benzene rings is 2. The molecule has 1 saturated heterocycles. The predicted molar refractivity (Wildman–Crippen MR) is 110 cm³/mol. The van der Waals surface area contributed by atoms with E-state index in [1.165, 1.54) is 18.9 Å². The van der Waals surface area contributed by atoms with E-state index in [-0.39, 0.29) is 11.6 Å². The number of ether oxygens (including phenoxy) is 1. The number of nitrogens with one attached hydrogen (secondary N) is 2. The highest BCUT2D eigenvalue weighted by atomic mass is 19.1. The summed E-state index contributed by atoms with van der Waals surface area (Å²) in [6.07, 6.45) is 5.45. The molecule has 0 spiro atoms. The first-order valence-electron chi connectivity index (χ1n) is 9.83. The van der Waals surface area contributed by atoms with Gasteiger partial charge < -0.3 is 10.1 Å². The van der Waals surface area contributed by atoms with Crippen LogP contribution in [0.5, 0.6) is 0 Å². The van der Waals surface area contributed by atoms with Crippen LogP contribution in [0.15, 0.2) is 36.1 Å². The summed E-state index contributed by atoms with van der Waals surface area (Å²) in [4.78, 5) is 22.9. The molecule has 2 N–H and O–H groups in total. The van der Waals surface area contributed by atoms with Crippen molar-refractivity contribution < 1.29 is 18.7 Å². The van der Waals surface area contributed by atoms with E-state index in [9.17, 15) is 14.0 Å². The molecule has 0 atom stereocenters. The fourth-order valence-electron chi connectivity index (χ4n) is 3.98. The number of anilines is 1. The Morgan fingerprint density at radius 1 is 1.07 bits per heavy atom. The Morgan fingerprint density at radius 3 is 2.48 bits per heavy atom. The van der Waals surface area contributed by atoms with E-state index >= 15 is 0 Å². The molecule has 5 nitrogen and oxygen atoms in total. The SMILES string of the molecule is Cc1cc(-c2ccc(NC3CCCC3)cc2F)c(C)cc1/C=C1\OC(=O)NC1=O. The summed E-state index contributed by atoms with van der Waals surface area (Å²) < 4.78 is 19.8. The molecule has 0 unspecified atom stereocenters. The van der Waals surface area contributed by atoms with Crippen LogP contribution in [0.4, 0.5) is 14.9 Å². The van der Waals surface area contributed by atoms with Crippen LogP contribution in [-0.4, -0.2) is 18.0 Å². The second-order valence-corrected chi connectivity index (χ2v) is 7.70. The molecule has 2 aromatic rings. The molecular weight excluding hydrogens is 371 g/mol. The summed E-state index contributed by atoms with van der Waals surface area (Å²) in [6, 6.07) is 9.46. The zero-order valence-electron chi connectivity index (χ0n) is 16.5. The highest BCUT2D eigenvalue weighted by Crippen LogP contribution is 2.32. The minimum absolute atomic E-state index is 0.0428. The van der Waals surface area contributed by atoms with Gasteiger partial charge in [0.1, 0.15) is 5.82 Å². The number of imide groups is 1. The van der Waals surface area contributed by atoms with E-state index < -0.39 is 12.0 Å². The van der Waals surface area contributed by atoms with Crippen molar-refractivity contribution >= 4 is 23.8 Å². The quantitative estimate of drug-likeness (QED) is 0.711. The van der Waals surface area contributed by atoms with Crippen molar-refractivity contribution in [2.45, 2.75) is 45.6 Å². The number of cyclic esters (lactones) is 1. The van der Waals surface area contributed by atoms with E-state index in [2.05, 4.69) is 10.6 Å². The van der Waals surface area contributed by atoms with Crippen LogP contribution in [0.25, 0.3) is 17.2 Å². The van der Waals surface area contributed by atoms with Crippen molar-refractivity contribution in [2.75, 3.05) is 5.32 Å². The van der Waals surface area contributed by atoms with E-state index in [1.54, 1.807) is 12.1 Å². The number of carbonyl (C=O) groups is 2. The van der Waals surface area contributed by atoms with Crippen molar-refractivity contribution in [3.05, 3.63) is 58.6 Å². The number of alkyl carbamates (subject to hydrolysis) is 1. The molecule has 1 saturated carbocycles. The number of halogens is 1. The van der Waals surface area contributed by atoms with Gasteiger partial charge in [0.05, 0.1) is 0 Å². The molecule has 0 bridgehead atoms. The molecule has 2 aromatic carbocycles. The molecule has 1 aliphatic carbocycles. The Labute approximate surface area is 169 Å². The smallest absolute Gasteiger partial charge is 0.404 e. The van der Waals surface area contributed by atoms with Gasteiger partial charge >= 0.3 is 6.09 Å². The van der Waals surface area contributed by atoms with Gasteiger partial charge in [0.15, 0.2) is 5.76 Å². The molecular formula is C23H23FN2O3. The monoisotopic (exact) mass is 394 g/mol. The van der Waals surface area contributed by atoms with Gasteiger partial charge in [0.25, 0.3) is 5.91 Å². The van der Waals surface area contributed by atoms with E-state index in [4.69, 9.17) is 4.74 Å². The largest absolute Gasteiger partial charge is 0.419 e. The van der Waals surface area contributed by atoms with Gasteiger partial charge in [-0.15, -0.1) is 0 Å². The summed E-state index contributed by atoms with van der Waals surface area (Å²) in [5.74, 6) is -0.878. The molecule has 4 rings (SSSR count). The van der Waals surface area contributed by atoms with Gasteiger partial charge in [-0.1, -0.05) is 25.0 Å². The van der Waals surface area contributed by atoms with Crippen LogP contribution in [0, 0.1) is 19.7 Å². The Bertz CT molecular complexity index is 1020. The van der Waals surface area contributed by atoms with Gasteiger partial charge in [-0.2, -0.15) is 0 Å². The minimum atomic E-state index is -0.777. The van der Waals surface area contributed by atoms with Crippen molar-refractivity contribution in [2.24, 2.45) is 0 Å². The Kier molecular flexibility index (Phi) is 5.09. The van der Waals surface area contributed by atoms with Crippen LogP contribution < -0.4 is 10.6 Å². The molecule has 2 amide bonds. The predicted octanol–water partition coefficient (Wildman–Crippen LogP) is 5.07. The average Bonchev–Trinajstić information content (AvgIpc) is 3.28. The second-order valence-electron chi connectivity index (χ2n) is 7.70. The average molecular weight is 394 g/mol.